The second kappa shape index (κ2) is 12.1. The Hall–Kier alpha value is -3.31. The van der Waals surface area contributed by atoms with Gasteiger partial charge < -0.3 is 15.3 Å². The normalized spacial score (nSPS) is 11.1. The van der Waals surface area contributed by atoms with Crippen molar-refractivity contribution in [2.45, 2.75) is 41.0 Å². The third kappa shape index (κ3) is 7.11. The molecule has 0 fully saturated rings. The minimum atomic E-state index is -1.02. The highest BCUT2D eigenvalue weighted by molar-refractivity contribution is 6.34. The Morgan fingerprint density at radius 2 is 1.56 bits per heavy atom. The minimum absolute atomic E-state index is 0.158. The molecule has 3 aromatic carbocycles. The third-order valence-corrected chi connectivity index (χ3v) is 6.07. The smallest absolute Gasteiger partial charge is 0.336 e. The third-order valence-electron chi connectivity index (χ3n) is 5.78. The highest BCUT2D eigenvalue weighted by atomic mass is 35.5. The maximum absolute atomic E-state index is 13.2. The maximum atomic E-state index is 13.2. The number of nitrogens with one attached hydrogen (secondary N) is 1. The van der Waals surface area contributed by atoms with Crippen LogP contribution in [0.5, 0.6) is 0 Å². The molecule has 0 aliphatic heterocycles. The molecule has 2 N–H and O–H groups in total. The summed E-state index contributed by atoms with van der Waals surface area (Å²) >= 11 is 6.90. The topological polar surface area (TPSA) is 69.6 Å². The number of amides is 1. The number of halogens is 1. The van der Waals surface area contributed by atoms with Crippen LogP contribution in [0, 0.1) is 18.8 Å². The van der Waals surface area contributed by atoms with E-state index in [4.69, 9.17) is 11.6 Å². The van der Waals surface area contributed by atoms with Crippen LogP contribution in [0.2, 0.25) is 5.02 Å². The maximum Gasteiger partial charge on any atom is 0.336 e. The first-order valence-corrected chi connectivity index (χ1v) is 12.7. The summed E-state index contributed by atoms with van der Waals surface area (Å²) in [7, 11) is 0. The van der Waals surface area contributed by atoms with Crippen molar-refractivity contribution in [3.63, 3.8) is 0 Å². The van der Waals surface area contributed by atoms with Crippen molar-refractivity contribution >= 4 is 34.9 Å². The number of benzene rings is 3. The van der Waals surface area contributed by atoms with Crippen LogP contribution in [0.4, 0.5) is 11.4 Å². The molecule has 3 rings (SSSR count). The summed E-state index contributed by atoms with van der Waals surface area (Å²) in [5.41, 5.74) is 4.76. The molecule has 0 heterocycles. The molecule has 36 heavy (non-hydrogen) atoms. The van der Waals surface area contributed by atoms with Crippen LogP contribution in [0.3, 0.4) is 0 Å². The fourth-order valence-corrected chi connectivity index (χ4v) is 4.66. The van der Waals surface area contributed by atoms with Gasteiger partial charge in [-0.15, -0.1) is 0 Å². The molecule has 0 spiro atoms. The predicted molar refractivity (Wildman–Crippen MR) is 149 cm³/mol. The van der Waals surface area contributed by atoms with E-state index in [1.807, 2.05) is 37.3 Å². The average Bonchev–Trinajstić information content (AvgIpc) is 2.79. The molecule has 1 amide bonds. The van der Waals surface area contributed by atoms with Gasteiger partial charge in [-0.1, -0.05) is 87.3 Å². The van der Waals surface area contributed by atoms with E-state index in [1.165, 1.54) is 0 Å². The molecule has 0 aliphatic rings. The number of hydrogen-bond donors (Lipinski definition) is 2. The molecular formula is C30H35ClN2O3. The first-order chi connectivity index (χ1) is 17.0. The summed E-state index contributed by atoms with van der Waals surface area (Å²) in [6.07, 6.45) is 0.224. The van der Waals surface area contributed by atoms with Crippen molar-refractivity contribution in [1.29, 1.82) is 0 Å². The number of rotatable bonds is 10. The second-order valence-electron chi connectivity index (χ2n) is 10.1. The predicted octanol–water partition coefficient (Wildman–Crippen LogP) is 7.31. The summed E-state index contributed by atoms with van der Waals surface area (Å²) in [6.45, 7) is 12.1. The Morgan fingerprint density at radius 1 is 0.944 bits per heavy atom. The Balaban J connectivity index is 2.10. The van der Waals surface area contributed by atoms with Gasteiger partial charge in [0.1, 0.15) is 0 Å². The van der Waals surface area contributed by atoms with E-state index in [1.54, 1.807) is 30.3 Å². The number of nitrogens with zero attached hydrogens (tertiary/aromatic N) is 1. The molecule has 0 saturated carbocycles. The van der Waals surface area contributed by atoms with Gasteiger partial charge in [0.05, 0.1) is 28.4 Å². The van der Waals surface area contributed by atoms with Crippen molar-refractivity contribution < 1.29 is 14.7 Å². The van der Waals surface area contributed by atoms with Gasteiger partial charge in [0, 0.05) is 13.1 Å². The minimum Gasteiger partial charge on any atom is -0.478 e. The van der Waals surface area contributed by atoms with Crippen LogP contribution < -0.4 is 10.2 Å². The Labute approximate surface area is 219 Å². The Kier molecular flexibility index (Phi) is 9.16. The molecule has 6 heteroatoms. The molecule has 5 nitrogen and oxygen atoms in total. The van der Waals surface area contributed by atoms with E-state index in [2.05, 4.69) is 37.9 Å². The number of carbonyl (C=O) groups is 2. The van der Waals surface area contributed by atoms with Crippen LogP contribution in [0.15, 0.2) is 60.7 Å². The zero-order chi connectivity index (χ0) is 26.4. The number of aromatic carboxylic acids is 1. The number of carboxylic acids is 1. The summed E-state index contributed by atoms with van der Waals surface area (Å²) < 4.78 is 0. The number of hydrogen-bond acceptors (Lipinski definition) is 3. The van der Waals surface area contributed by atoms with Gasteiger partial charge in [-0.25, -0.2) is 4.79 Å². The van der Waals surface area contributed by atoms with Gasteiger partial charge in [0.2, 0.25) is 5.91 Å². The van der Waals surface area contributed by atoms with E-state index in [0.717, 1.165) is 29.9 Å². The molecule has 0 saturated heterocycles. The molecule has 0 aliphatic carbocycles. The highest BCUT2D eigenvalue weighted by Gasteiger charge is 2.22. The molecule has 0 bridgehead atoms. The fraction of sp³-hybridized carbons (Fsp3) is 0.333. The second-order valence-corrected chi connectivity index (χ2v) is 10.5. The van der Waals surface area contributed by atoms with Crippen LogP contribution in [0.1, 0.15) is 49.2 Å². The van der Waals surface area contributed by atoms with E-state index in [0.29, 0.717) is 33.7 Å². The molecule has 190 valence electrons. The molecule has 0 aromatic heterocycles. The molecule has 0 radical (unpaired) electrons. The summed E-state index contributed by atoms with van der Waals surface area (Å²) in [4.78, 5) is 27.2. The number of aryl methyl sites for hydroxylation is 1. The lowest BCUT2D eigenvalue weighted by atomic mass is 9.98. The van der Waals surface area contributed by atoms with Crippen molar-refractivity contribution in [1.82, 2.24) is 0 Å². The van der Waals surface area contributed by atoms with Crippen molar-refractivity contribution in [2.24, 2.45) is 11.8 Å². The van der Waals surface area contributed by atoms with Crippen LogP contribution in [0.25, 0.3) is 11.1 Å². The zero-order valence-electron chi connectivity index (χ0n) is 21.6. The van der Waals surface area contributed by atoms with E-state index < -0.39 is 5.97 Å². The van der Waals surface area contributed by atoms with E-state index in [-0.39, 0.29) is 17.9 Å². The van der Waals surface area contributed by atoms with Crippen LogP contribution >= 0.6 is 11.6 Å². The quantitative estimate of drug-likeness (QED) is 0.302. The SMILES string of the molecule is Cc1ccc(CC(=O)Nc2cc(-c3ccccc3C(=O)O)cc(Cl)c2N(CC(C)C)CC(C)C)cc1. The molecule has 0 atom stereocenters. The lowest BCUT2D eigenvalue weighted by Gasteiger charge is -2.31. The monoisotopic (exact) mass is 506 g/mol. The lowest BCUT2D eigenvalue weighted by Crippen LogP contribution is -2.32. The standard InChI is InChI=1S/C30H35ClN2O3/c1-19(2)17-33(18-20(3)4)29-26(31)15-23(24-8-6-7-9-25(24)30(35)36)16-27(29)32-28(34)14-22-12-10-21(5)11-13-22/h6-13,15-16,19-20H,14,17-18H2,1-5H3,(H,32,34)(H,35,36). The van der Waals surface area contributed by atoms with Gasteiger partial charge in [0.25, 0.3) is 0 Å². The number of carbonyl (C=O) groups excluding carboxylic acids is 1. The van der Waals surface area contributed by atoms with Crippen LogP contribution in [-0.2, 0) is 11.2 Å². The number of anilines is 2. The largest absolute Gasteiger partial charge is 0.478 e. The fourth-order valence-electron chi connectivity index (χ4n) is 4.32. The van der Waals surface area contributed by atoms with Gasteiger partial charge in [0.15, 0.2) is 0 Å². The first-order valence-electron chi connectivity index (χ1n) is 12.3. The number of carboxylic acid groups (broad SMARTS) is 1. The van der Waals surface area contributed by atoms with Crippen molar-refractivity contribution in [2.75, 3.05) is 23.3 Å². The van der Waals surface area contributed by atoms with Gasteiger partial charge in [-0.05, 0) is 53.6 Å². The van der Waals surface area contributed by atoms with E-state index in [9.17, 15) is 14.7 Å². The zero-order valence-corrected chi connectivity index (χ0v) is 22.4. The van der Waals surface area contributed by atoms with Gasteiger partial charge >= 0.3 is 5.97 Å². The average molecular weight is 507 g/mol. The lowest BCUT2D eigenvalue weighted by molar-refractivity contribution is -0.115. The molecular weight excluding hydrogens is 472 g/mol. The van der Waals surface area contributed by atoms with Gasteiger partial charge in [-0.3, -0.25) is 4.79 Å². The molecule has 3 aromatic rings. The van der Waals surface area contributed by atoms with E-state index >= 15 is 0 Å². The van der Waals surface area contributed by atoms with Crippen molar-refractivity contribution in [3.05, 3.63) is 82.4 Å². The highest BCUT2D eigenvalue weighted by Crippen LogP contribution is 2.40. The summed E-state index contributed by atoms with van der Waals surface area (Å²) in [6, 6.07) is 18.3. The summed E-state index contributed by atoms with van der Waals surface area (Å²) in [5, 5.41) is 13.3. The molecule has 0 unspecified atom stereocenters. The first kappa shape index (κ1) is 27.3. The van der Waals surface area contributed by atoms with Crippen molar-refractivity contribution in [3.8, 4) is 11.1 Å². The Morgan fingerprint density at radius 3 is 2.14 bits per heavy atom. The van der Waals surface area contributed by atoms with Gasteiger partial charge in [-0.2, -0.15) is 0 Å². The van der Waals surface area contributed by atoms with Crippen LogP contribution in [-0.4, -0.2) is 30.1 Å². The Bertz CT molecular complexity index is 1210. The summed E-state index contributed by atoms with van der Waals surface area (Å²) in [5.74, 6) is -0.419.